The average Bonchev–Trinajstić information content (AvgIpc) is 2.28. The Morgan fingerprint density at radius 1 is 1.39 bits per heavy atom. The summed E-state index contributed by atoms with van der Waals surface area (Å²) >= 11 is 0. The van der Waals surface area contributed by atoms with E-state index in [1.807, 2.05) is 0 Å². The van der Waals surface area contributed by atoms with E-state index in [0.717, 1.165) is 0 Å². The second-order valence-electron chi connectivity index (χ2n) is 3.38. The molecule has 0 saturated carbocycles. The zero-order chi connectivity index (χ0) is 13.8. The lowest BCUT2D eigenvalue weighted by atomic mass is 10.2. The highest BCUT2D eigenvalue weighted by Crippen LogP contribution is 2.23. The summed E-state index contributed by atoms with van der Waals surface area (Å²) in [7, 11) is 0. The van der Waals surface area contributed by atoms with E-state index in [9.17, 15) is 18.0 Å². The zero-order valence-corrected chi connectivity index (χ0v) is 9.58. The molecule has 1 rings (SSSR count). The topological polar surface area (TPSA) is 61.5 Å². The van der Waals surface area contributed by atoms with E-state index in [0.29, 0.717) is 12.4 Å². The molecule has 1 aromatic rings. The Labute approximate surface area is 101 Å². The van der Waals surface area contributed by atoms with Crippen LogP contribution in [0.25, 0.3) is 0 Å². The summed E-state index contributed by atoms with van der Waals surface area (Å²) < 4.78 is 44.8. The Morgan fingerprint density at radius 2 is 2.06 bits per heavy atom. The Kier molecular flexibility index (Phi) is 4.41. The van der Waals surface area contributed by atoms with Gasteiger partial charge < -0.3 is 15.2 Å². The summed E-state index contributed by atoms with van der Waals surface area (Å²) in [5, 5.41) is 0. The van der Waals surface area contributed by atoms with Gasteiger partial charge in [0.2, 0.25) is 0 Å². The van der Waals surface area contributed by atoms with Crippen LogP contribution >= 0.6 is 0 Å². The highest BCUT2D eigenvalue weighted by Gasteiger charge is 2.29. The molecule has 18 heavy (non-hydrogen) atoms. The van der Waals surface area contributed by atoms with Crippen molar-refractivity contribution in [3.05, 3.63) is 23.8 Å². The van der Waals surface area contributed by atoms with E-state index < -0.39 is 18.8 Å². The molecular weight excluding hydrogens is 251 g/mol. The van der Waals surface area contributed by atoms with E-state index >= 15 is 0 Å². The summed E-state index contributed by atoms with van der Waals surface area (Å²) in [4.78, 5) is 11.3. The average molecular weight is 263 g/mol. The van der Waals surface area contributed by atoms with Gasteiger partial charge in [-0.2, -0.15) is 13.2 Å². The van der Waals surface area contributed by atoms with Crippen LogP contribution in [0.4, 0.5) is 18.9 Å². The van der Waals surface area contributed by atoms with Crippen LogP contribution in [0.3, 0.4) is 0 Å². The third-order valence-electron chi connectivity index (χ3n) is 1.91. The van der Waals surface area contributed by atoms with Gasteiger partial charge in [-0.05, 0) is 25.1 Å². The van der Waals surface area contributed by atoms with Crippen molar-refractivity contribution < 1.29 is 27.4 Å². The Hall–Kier alpha value is -1.92. The molecule has 0 spiro atoms. The number of benzene rings is 1. The van der Waals surface area contributed by atoms with Crippen molar-refractivity contribution in [3.8, 4) is 5.75 Å². The second kappa shape index (κ2) is 5.61. The van der Waals surface area contributed by atoms with Gasteiger partial charge in [0.1, 0.15) is 5.75 Å². The fourth-order valence-electron chi connectivity index (χ4n) is 1.19. The van der Waals surface area contributed by atoms with Crippen LogP contribution in [0.2, 0.25) is 0 Å². The summed E-state index contributed by atoms with van der Waals surface area (Å²) in [6.45, 7) is 0.520. The van der Waals surface area contributed by atoms with Crippen LogP contribution in [-0.4, -0.2) is 25.4 Å². The molecule has 7 heteroatoms. The van der Waals surface area contributed by atoms with Crippen LogP contribution in [-0.2, 0) is 4.74 Å². The molecule has 0 radical (unpaired) electrons. The number of hydrogen-bond donors (Lipinski definition) is 1. The lowest BCUT2D eigenvalue weighted by molar-refractivity contribution is -0.161. The number of esters is 1. The van der Waals surface area contributed by atoms with Gasteiger partial charge in [0.15, 0.2) is 6.61 Å². The molecule has 0 bridgehead atoms. The summed E-state index contributed by atoms with van der Waals surface area (Å²) in [5.41, 5.74) is 5.68. The maximum Gasteiger partial charge on any atom is 0.422 e. The van der Waals surface area contributed by atoms with Gasteiger partial charge in [0, 0.05) is 0 Å². The third-order valence-corrected chi connectivity index (χ3v) is 1.91. The minimum absolute atomic E-state index is 0.0554. The molecule has 100 valence electrons. The quantitative estimate of drug-likeness (QED) is 0.669. The number of rotatable bonds is 4. The fourth-order valence-corrected chi connectivity index (χ4v) is 1.19. The largest absolute Gasteiger partial charge is 0.492 e. The smallest absolute Gasteiger partial charge is 0.422 e. The van der Waals surface area contributed by atoms with Crippen LogP contribution in [0.15, 0.2) is 18.2 Å². The van der Waals surface area contributed by atoms with Gasteiger partial charge in [-0.25, -0.2) is 4.79 Å². The maximum absolute atomic E-state index is 11.9. The van der Waals surface area contributed by atoms with Crippen molar-refractivity contribution in [1.82, 2.24) is 0 Å². The molecule has 0 atom stereocenters. The van der Waals surface area contributed by atoms with E-state index in [1.165, 1.54) is 18.2 Å². The normalized spacial score (nSPS) is 11.1. The highest BCUT2D eigenvalue weighted by molar-refractivity contribution is 5.91. The maximum atomic E-state index is 11.9. The number of alkyl halides is 3. The number of ether oxygens (including phenoxy) is 2. The minimum atomic E-state index is -4.55. The van der Waals surface area contributed by atoms with E-state index in [-0.39, 0.29) is 11.3 Å². The second-order valence-corrected chi connectivity index (χ2v) is 3.38. The van der Waals surface area contributed by atoms with Crippen molar-refractivity contribution in [1.29, 1.82) is 0 Å². The van der Waals surface area contributed by atoms with Gasteiger partial charge in [0.05, 0.1) is 17.9 Å². The van der Waals surface area contributed by atoms with Crippen molar-refractivity contribution in [2.24, 2.45) is 0 Å². The first kappa shape index (κ1) is 14.1. The standard InChI is InChI=1S/C11H12F3NO3/c1-2-17-9-4-3-7(5-8(9)15)10(16)18-6-11(12,13)14/h3-5H,2,6,15H2,1H3. The van der Waals surface area contributed by atoms with Gasteiger partial charge in [-0.15, -0.1) is 0 Å². The van der Waals surface area contributed by atoms with E-state index in [1.54, 1.807) is 6.92 Å². The van der Waals surface area contributed by atoms with E-state index in [4.69, 9.17) is 10.5 Å². The van der Waals surface area contributed by atoms with Gasteiger partial charge in [-0.3, -0.25) is 0 Å². The molecule has 0 fully saturated rings. The number of carbonyl (C=O) groups excluding carboxylic acids is 1. The molecule has 2 N–H and O–H groups in total. The monoisotopic (exact) mass is 263 g/mol. The first-order valence-electron chi connectivity index (χ1n) is 5.09. The lowest BCUT2D eigenvalue weighted by Gasteiger charge is -2.10. The lowest BCUT2D eigenvalue weighted by Crippen LogP contribution is -2.20. The van der Waals surface area contributed by atoms with Crippen molar-refractivity contribution >= 4 is 11.7 Å². The number of halogens is 3. The Balaban J connectivity index is 2.72. The minimum Gasteiger partial charge on any atom is -0.492 e. The molecule has 1 aromatic carbocycles. The van der Waals surface area contributed by atoms with Gasteiger partial charge >= 0.3 is 12.1 Å². The van der Waals surface area contributed by atoms with Crippen LogP contribution in [0.1, 0.15) is 17.3 Å². The van der Waals surface area contributed by atoms with Crippen LogP contribution in [0.5, 0.6) is 5.75 Å². The molecule has 4 nitrogen and oxygen atoms in total. The predicted molar refractivity (Wildman–Crippen MR) is 58.4 cm³/mol. The molecule has 0 unspecified atom stereocenters. The SMILES string of the molecule is CCOc1ccc(C(=O)OCC(F)(F)F)cc1N. The number of anilines is 1. The zero-order valence-electron chi connectivity index (χ0n) is 9.58. The van der Waals surface area contributed by atoms with Gasteiger partial charge in [0.25, 0.3) is 0 Å². The van der Waals surface area contributed by atoms with Crippen LogP contribution < -0.4 is 10.5 Å². The molecule has 0 amide bonds. The molecule has 0 aliphatic carbocycles. The number of hydrogen-bond acceptors (Lipinski definition) is 4. The molecule has 0 heterocycles. The van der Waals surface area contributed by atoms with Crippen LogP contribution in [0, 0.1) is 0 Å². The summed E-state index contributed by atoms with van der Waals surface area (Å²) in [6.07, 6.45) is -4.55. The first-order valence-corrected chi connectivity index (χ1v) is 5.09. The molecule has 0 aliphatic rings. The molecular formula is C11H12F3NO3. The predicted octanol–water partition coefficient (Wildman–Crippen LogP) is 2.39. The Bertz CT molecular complexity index is 432. The van der Waals surface area contributed by atoms with Crippen molar-refractivity contribution in [2.75, 3.05) is 18.9 Å². The third kappa shape index (κ3) is 4.15. The Morgan fingerprint density at radius 3 is 2.56 bits per heavy atom. The highest BCUT2D eigenvalue weighted by atomic mass is 19.4. The number of nitrogens with two attached hydrogens (primary N) is 1. The van der Waals surface area contributed by atoms with E-state index in [2.05, 4.69) is 4.74 Å². The summed E-state index contributed by atoms with van der Waals surface area (Å²) in [6, 6.07) is 3.91. The number of carbonyl (C=O) groups is 1. The van der Waals surface area contributed by atoms with Gasteiger partial charge in [-0.1, -0.05) is 0 Å². The number of nitrogen functional groups attached to an aromatic ring is 1. The summed E-state index contributed by atoms with van der Waals surface area (Å²) in [5.74, 6) is -0.716. The van der Waals surface area contributed by atoms with Crippen molar-refractivity contribution in [3.63, 3.8) is 0 Å². The van der Waals surface area contributed by atoms with Crippen molar-refractivity contribution in [2.45, 2.75) is 13.1 Å². The molecule has 0 aliphatic heterocycles. The molecule has 0 aromatic heterocycles. The molecule has 0 saturated heterocycles. The fraction of sp³-hybridized carbons (Fsp3) is 0.364. The first-order chi connectivity index (χ1) is 8.33.